The van der Waals surface area contributed by atoms with Gasteiger partial charge in [0.15, 0.2) is 12.1 Å². The van der Waals surface area contributed by atoms with Crippen molar-refractivity contribution in [2.75, 3.05) is 7.11 Å². The van der Waals surface area contributed by atoms with Crippen LogP contribution in [-0.2, 0) is 11.2 Å². The van der Waals surface area contributed by atoms with Gasteiger partial charge >= 0.3 is 0 Å². The second-order valence-electron chi connectivity index (χ2n) is 5.01. The molecule has 0 unspecified atom stereocenters. The normalized spacial score (nSPS) is 20.2. The summed E-state index contributed by atoms with van der Waals surface area (Å²) in [6.07, 6.45) is -1.77. The van der Waals surface area contributed by atoms with E-state index in [2.05, 4.69) is 10.3 Å². The molecule has 1 heterocycles. The Balaban J connectivity index is 1.79. The number of ether oxygens (including phenoxy) is 1. The Hall–Kier alpha value is -2.28. The second kappa shape index (κ2) is 5.84. The third-order valence-electron chi connectivity index (χ3n) is 3.75. The molecule has 1 aromatic heterocycles. The molecule has 0 fully saturated rings. The number of fused-ring (bicyclic) bond motifs is 1. The van der Waals surface area contributed by atoms with Gasteiger partial charge < -0.3 is 14.5 Å². The van der Waals surface area contributed by atoms with Crippen LogP contribution in [0.1, 0.15) is 39.9 Å². The first-order valence-corrected chi connectivity index (χ1v) is 6.74. The summed E-state index contributed by atoms with van der Waals surface area (Å²) < 4.78 is 35.8. The number of aromatic nitrogens is 1. The van der Waals surface area contributed by atoms with Gasteiger partial charge in [0.05, 0.1) is 6.04 Å². The minimum Gasteiger partial charge on any atom is -0.438 e. The molecule has 2 atom stereocenters. The number of carbonyl (C=O) groups excluding carboxylic acids is 1. The zero-order valence-corrected chi connectivity index (χ0v) is 11.8. The Morgan fingerprint density at radius 1 is 1.45 bits per heavy atom. The molecular weight excluding hydrogens is 294 g/mol. The van der Waals surface area contributed by atoms with E-state index in [1.54, 1.807) is 7.11 Å². The Morgan fingerprint density at radius 2 is 2.23 bits per heavy atom. The largest absolute Gasteiger partial charge is 0.438 e. The van der Waals surface area contributed by atoms with Gasteiger partial charge in [-0.3, -0.25) is 4.79 Å². The van der Waals surface area contributed by atoms with Crippen molar-refractivity contribution >= 4 is 5.91 Å². The van der Waals surface area contributed by atoms with E-state index >= 15 is 0 Å². The van der Waals surface area contributed by atoms with Crippen LogP contribution in [0.25, 0.3) is 0 Å². The summed E-state index contributed by atoms with van der Waals surface area (Å²) in [5, 5.41) is 2.69. The number of halogens is 2. The minimum atomic E-state index is -2.86. The molecule has 0 aliphatic heterocycles. The van der Waals surface area contributed by atoms with E-state index in [4.69, 9.17) is 9.15 Å². The van der Waals surface area contributed by atoms with E-state index in [-0.39, 0.29) is 12.1 Å². The summed E-state index contributed by atoms with van der Waals surface area (Å²) in [5.41, 5.74) is 1.40. The molecule has 0 saturated carbocycles. The molecule has 0 bridgehead atoms. The highest BCUT2D eigenvalue weighted by Gasteiger charge is 2.35. The Bertz CT molecular complexity index is 687. The number of carbonyl (C=O) groups is 1. The fourth-order valence-corrected chi connectivity index (χ4v) is 2.79. The van der Waals surface area contributed by atoms with Crippen LogP contribution in [0.5, 0.6) is 0 Å². The molecule has 0 radical (unpaired) electrons. The maximum Gasteiger partial charge on any atom is 0.289 e. The monoisotopic (exact) mass is 308 g/mol. The maximum absolute atomic E-state index is 12.8. The van der Waals surface area contributed by atoms with E-state index in [1.807, 2.05) is 24.3 Å². The van der Waals surface area contributed by atoms with Crippen LogP contribution >= 0.6 is 0 Å². The molecule has 2 aromatic rings. The molecule has 116 valence electrons. The topological polar surface area (TPSA) is 64.4 Å². The predicted molar refractivity (Wildman–Crippen MR) is 72.6 cm³/mol. The van der Waals surface area contributed by atoms with Gasteiger partial charge in [-0.25, -0.2) is 13.8 Å². The maximum atomic E-state index is 12.8. The highest BCUT2D eigenvalue weighted by molar-refractivity contribution is 5.92. The number of hydrogen-bond donors (Lipinski definition) is 1. The van der Waals surface area contributed by atoms with Crippen LogP contribution in [0.3, 0.4) is 0 Å². The molecule has 1 aromatic carbocycles. The average molecular weight is 308 g/mol. The van der Waals surface area contributed by atoms with Crippen molar-refractivity contribution in [1.82, 2.24) is 10.3 Å². The molecular formula is C15H14F2N2O3. The highest BCUT2D eigenvalue weighted by Crippen LogP contribution is 2.34. The average Bonchev–Trinajstić information content (AvgIpc) is 3.11. The van der Waals surface area contributed by atoms with Crippen molar-refractivity contribution in [2.45, 2.75) is 25.0 Å². The van der Waals surface area contributed by atoms with Gasteiger partial charge in [0.25, 0.3) is 12.3 Å². The molecule has 0 saturated heterocycles. The Kier molecular flexibility index (Phi) is 3.89. The summed E-state index contributed by atoms with van der Waals surface area (Å²) in [7, 11) is 1.55. The van der Waals surface area contributed by atoms with Crippen LogP contribution in [0.2, 0.25) is 0 Å². The smallest absolute Gasteiger partial charge is 0.289 e. The van der Waals surface area contributed by atoms with Crippen molar-refractivity contribution in [3.05, 3.63) is 53.2 Å². The van der Waals surface area contributed by atoms with Crippen LogP contribution in [0.15, 0.2) is 35.1 Å². The summed E-state index contributed by atoms with van der Waals surface area (Å²) in [6, 6.07) is 7.33. The quantitative estimate of drug-likeness (QED) is 0.943. The Morgan fingerprint density at radius 3 is 2.95 bits per heavy atom. The zero-order chi connectivity index (χ0) is 15.7. The van der Waals surface area contributed by atoms with Gasteiger partial charge in [-0.1, -0.05) is 24.3 Å². The third kappa shape index (κ3) is 2.48. The van der Waals surface area contributed by atoms with E-state index in [9.17, 15) is 13.6 Å². The lowest BCUT2D eigenvalue weighted by atomic mass is 10.1. The number of rotatable bonds is 4. The molecule has 1 aliphatic carbocycles. The fraction of sp³-hybridized carbons (Fsp3) is 0.333. The Labute approximate surface area is 125 Å². The van der Waals surface area contributed by atoms with E-state index < -0.39 is 23.8 Å². The number of nitrogens with one attached hydrogen (secondary N) is 1. The number of methoxy groups -OCH3 is 1. The number of alkyl halides is 2. The fourth-order valence-electron chi connectivity index (χ4n) is 2.79. The van der Waals surface area contributed by atoms with Gasteiger partial charge in [0.1, 0.15) is 6.10 Å². The van der Waals surface area contributed by atoms with Crippen LogP contribution in [0.4, 0.5) is 8.78 Å². The number of nitrogens with zero attached hydrogens (tertiary/aromatic N) is 1. The molecule has 7 heteroatoms. The van der Waals surface area contributed by atoms with E-state index in [0.29, 0.717) is 6.42 Å². The standard InChI is InChI=1S/C15H14F2N2O3/c1-21-12-9-5-3-2-4-8(9)6-10(12)19-15(20)13-11(14(16)17)18-7-22-13/h2-5,7,10,12,14H,6H2,1H3,(H,19,20)/t10-,12+/m1/s1. The van der Waals surface area contributed by atoms with Gasteiger partial charge in [-0.05, 0) is 17.5 Å². The predicted octanol–water partition coefficient (Wildman–Crippen LogP) is 2.65. The first-order chi connectivity index (χ1) is 10.6. The van der Waals surface area contributed by atoms with Gasteiger partial charge in [-0.2, -0.15) is 0 Å². The number of amides is 1. The molecule has 22 heavy (non-hydrogen) atoms. The SMILES string of the molecule is CO[C@H]1c2ccccc2C[C@H]1NC(=O)c1ocnc1C(F)F. The first-order valence-electron chi connectivity index (χ1n) is 6.74. The van der Waals surface area contributed by atoms with E-state index in [1.165, 1.54) is 0 Å². The molecule has 1 aliphatic rings. The van der Waals surface area contributed by atoms with Crippen molar-refractivity contribution in [3.8, 4) is 0 Å². The lowest BCUT2D eigenvalue weighted by Gasteiger charge is -2.20. The summed E-state index contributed by atoms with van der Waals surface area (Å²) >= 11 is 0. The first kappa shape index (κ1) is 14.6. The number of hydrogen-bond acceptors (Lipinski definition) is 4. The third-order valence-corrected chi connectivity index (χ3v) is 3.75. The molecule has 1 N–H and O–H groups in total. The summed E-state index contributed by atoms with van der Waals surface area (Å²) in [5.74, 6) is -1.17. The van der Waals surface area contributed by atoms with Crippen molar-refractivity contribution in [3.63, 3.8) is 0 Å². The van der Waals surface area contributed by atoms with Crippen LogP contribution in [0, 0.1) is 0 Å². The minimum absolute atomic E-state index is 0.321. The zero-order valence-electron chi connectivity index (χ0n) is 11.8. The molecule has 0 spiro atoms. The van der Waals surface area contributed by atoms with E-state index in [0.717, 1.165) is 17.5 Å². The highest BCUT2D eigenvalue weighted by atomic mass is 19.3. The number of benzene rings is 1. The van der Waals surface area contributed by atoms with Crippen LogP contribution < -0.4 is 5.32 Å². The lowest BCUT2D eigenvalue weighted by Crippen LogP contribution is -2.38. The van der Waals surface area contributed by atoms with Gasteiger partial charge in [-0.15, -0.1) is 0 Å². The second-order valence-corrected chi connectivity index (χ2v) is 5.01. The van der Waals surface area contributed by atoms with Crippen molar-refractivity contribution < 1.29 is 22.7 Å². The molecule has 1 amide bonds. The molecule has 5 nitrogen and oxygen atoms in total. The van der Waals surface area contributed by atoms with Crippen molar-refractivity contribution in [1.29, 1.82) is 0 Å². The summed E-state index contributed by atoms with van der Waals surface area (Å²) in [4.78, 5) is 15.5. The lowest BCUT2D eigenvalue weighted by molar-refractivity contribution is 0.0654. The van der Waals surface area contributed by atoms with Crippen LogP contribution in [-0.4, -0.2) is 24.0 Å². The van der Waals surface area contributed by atoms with Gasteiger partial charge in [0.2, 0.25) is 5.76 Å². The number of oxazole rings is 1. The van der Waals surface area contributed by atoms with Crippen molar-refractivity contribution in [2.24, 2.45) is 0 Å². The summed E-state index contributed by atoms with van der Waals surface area (Å²) in [6.45, 7) is 0. The molecule has 3 rings (SSSR count). The van der Waals surface area contributed by atoms with Gasteiger partial charge in [0, 0.05) is 7.11 Å².